The predicted octanol–water partition coefficient (Wildman–Crippen LogP) is 4.24. The summed E-state index contributed by atoms with van der Waals surface area (Å²) >= 11 is 0. The first-order valence-electron chi connectivity index (χ1n) is 7.45. The van der Waals surface area contributed by atoms with E-state index in [1.807, 2.05) is 12.3 Å². The lowest BCUT2D eigenvalue weighted by molar-refractivity contribution is 0.698. The van der Waals surface area contributed by atoms with Gasteiger partial charge >= 0.3 is 0 Å². The van der Waals surface area contributed by atoms with E-state index >= 15 is 0 Å². The molecule has 2 aromatic carbocycles. The summed E-state index contributed by atoms with van der Waals surface area (Å²) in [5, 5.41) is 1.23. The monoisotopic (exact) mass is 276 g/mol. The quantitative estimate of drug-likeness (QED) is 0.774. The van der Waals surface area contributed by atoms with Crippen molar-refractivity contribution in [3.63, 3.8) is 0 Å². The summed E-state index contributed by atoms with van der Waals surface area (Å²) in [6, 6.07) is 19.2. The molecule has 2 nitrogen and oxygen atoms in total. The number of nitrogens with two attached hydrogens (primary N) is 1. The van der Waals surface area contributed by atoms with Crippen LogP contribution in [0.2, 0.25) is 0 Å². The van der Waals surface area contributed by atoms with Crippen molar-refractivity contribution in [1.29, 1.82) is 0 Å². The van der Waals surface area contributed by atoms with Crippen LogP contribution in [0.5, 0.6) is 0 Å². The Morgan fingerprint density at radius 1 is 1.00 bits per heavy atom. The van der Waals surface area contributed by atoms with Gasteiger partial charge in [0.2, 0.25) is 0 Å². The summed E-state index contributed by atoms with van der Waals surface area (Å²) in [6.07, 6.45) is 3.78. The first-order valence-corrected chi connectivity index (χ1v) is 7.45. The van der Waals surface area contributed by atoms with Gasteiger partial charge in [-0.3, -0.25) is 4.98 Å². The maximum Gasteiger partial charge on any atom is 0.0704 e. The molecule has 0 spiro atoms. The number of pyridine rings is 1. The fraction of sp³-hybridized carbons (Fsp3) is 0.211. The highest BCUT2D eigenvalue weighted by Gasteiger charge is 2.05. The fourth-order valence-corrected chi connectivity index (χ4v) is 2.65. The molecule has 3 aromatic rings. The van der Waals surface area contributed by atoms with Gasteiger partial charge in [0.25, 0.3) is 0 Å². The maximum absolute atomic E-state index is 6.06. The van der Waals surface area contributed by atoms with Gasteiger partial charge in [0, 0.05) is 17.6 Å². The van der Waals surface area contributed by atoms with Gasteiger partial charge in [-0.25, -0.2) is 0 Å². The lowest BCUT2D eigenvalue weighted by Crippen LogP contribution is -2.08. The van der Waals surface area contributed by atoms with Gasteiger partial charge in [0.15, 0.2) is 0 Å². The normalized spacial score (nSPS) is 12.5. The Balaban J connectivity index is 1.88. The zero-order valence-electron chi connectivity index (χ0n) is 12.3. The summed E-state index contributed by atoms with van der Waals surface area (Å²) in [5.41, 5.74) is 10.9. The Kier molecular flexibility index (Phi) is 3.98. The number of hydrogen-bond acceptors (Lipinski definition) is 2. The van der Waals surface area contributed by atoms with Gasteiger partial charge in [-0.1, -0.05) is 49.4 Å². The van der Waals surface area contributed by atoms with Crippen molar-refractivity contribution >= 4 is 10.9 Å². The number of aromatic nitrogens is 1. The van der Waals surface area contributed by atoms with Crippen molar-refractivity contribution in [3.8, 4) is 0 Å². The Morgan fingerprint density at radius 2 is 1.76 bits per heavy atom. The predicted molar refractivity (Wildman–Crippen MR) is 88.2 cm³/mol. The Labute approximate surface area is 125 Å². The molecule has 0 radical (unpaired) electrons. The molecule has 0 amide bonds. The molecular formula is C19H20N2. The van der Waals surface area contributed by atoms with E-state index in [0.717, 1.165) is 18.4 Å². The van der Waals surface area contributed by atoms with Crippen LogP contribution in [-0.4, -0.2) is 4.98 Å². The number of para-hydroxylation sites is 1. The molecule has 0 bridgehead atoms. The molecule has 0 saturated heterocycles. The molecule has 1 aromatic heterocycles. The zero-order valence-corrected chi connectivity index (χ0v) is 12.3. The smallest absolute Gasteiger partial charge is 0.0704 e. The Morgan fingerprint density at radius 3 is 2.52 bits per heavy atom. The standard InChI is InChI=1S/C19H20N2/c1-2-18(20)15-9-7-14(8-10-15)13-16-11-12-21-19-6-4-3-5-17(16)19/h3-12,18H,2,13,20H2,1H3. The average Bonchev–Trinajstić information content (AvgIpc) is 2.55. The van der Waals surface area contributed by atoms with Gasteiger partial charge in [0.05, 0.1) is 5.52 Å². The van der Waals surface area contributed by atoms with Gasteiger partial charge in [-0.05, 0) is 41.7 Å². The number of fused-ring (bicyclic) bond motifs is 1. The summed E-state index contributed by atoms with van der Waals surface area (Å²) in [6.45, 7) is 2.11. The van der Waals surface area contributed by atoms with Crippen LogP contribution in [0.3, 0.4) is 0 Å². The topological polar surface area (TPSA) is 38.9 Å². The molecule has 0 saturated carbocycles. The van der Waals surface area contributed by atoms with E-state index in [9.17, 15) is 0 Å². The fourth-order valence-electron chi connectivity index (χ4n) is 2.65. The molecular weight excluding hydrogens is 256 g/mol. The largest absolute Gasteiger partial charge is 0.324 e. The summed E-state index contributed by atoms with van der Waals surface area (Å²) in [5.74, 6) is 0. The first-order chi connectivity index (χ1) is 10.3. The van der Waals surface area contributed by atoms with Crippen LogP contribution in [0.1, 0.15) is 36.1 Å². The number of hydrogen-bond donors (Lipinski definition) is 1. The highest BCUT2D eigenvalue weighted by molar-refractivity contribution is 5.82. The molecule has 0 fully saturated rings. The summed E-state index contributed by atoms with van der Waals surface area (Å²) < 4.78 is 0. The van der Waals surface area contributed by atoms with E-state index < -0.39 is 0 Å². The van der Waals surface area contributed by atoms with Gasteiger partial charge in [0.1, 0.15) is 0 Å². The second-order valence-electron chi connectivity index (χ2n) is 5.42. The second-order valence-corrected chi connectivity index (χ2v) is 5.42. The van der Waals surface area contributed by atoms with Crippen molar-refractivity contribution < 1.29 is 0 Å². The van der Waals surface area contributed by atoms with Crippen molar-refractivity contribution in [2.75, 3.05) is 0 Å². The van der Waals surface area contributed by atoms with Crippen molar-refractivity contribution in [2.24, 2.45) is 5.73 Å². The molecule has 21 heavy (non-hydrogen) atoms. The third-order valence-electron chi connectivity index (χ3n) is 3.98. The zero-order chi connectivity index (χ0) is 14.7. The maximum atomic E-state index is 6.06. The highest BCUT2D eigenvalue weighted by Crippen LogP contribution is 2.21. The summed E-state index contributed by atoms with van der Waals surface area (Å²) in [4.78, 5) is 4.42. The Hall–Kier alpha value is -2.19. The van der Waals surface area contributed by atoms with E-state index in [1.165, 1.54) is 22.1 Å². The van der Waals surface area contributed by atoms with E-state index in [4.69, 9.17) is 5.73 Å². The summed E-state index contributed by atoms with van der Waals surface area (Å²) in [7, 11) is 0. The van der Waals surface area contributed by atoms with Crippen LogP contribution < -0.4 is 5.73 Å². The van der Waals surface area contributed by atoms with Gasteiger partial charge in [-0.15, -0.1) is 0 Å². The van der Waals surface area contributed by atoms with Crippen molar-refractivity contribution in [3.05, 3.63) is 77.5 Å². The van der Waals surface area contributed by atoms with Crippen LogP contribution in [0.4, 0.5) is 0 Å². The van der Waals surface area contributed by atoms with Crippen LogP contribution >= 0.6 is 0 Å². The molecule has 0 aliphatic heterocycles. The van der Waals surface area contributed by atoms with Crippen molar-refractivity contribution in [1.82, 2.24) is 4.98 Å². The third kappa shape index (κ3) is 2.96. The van der Waals surface area contributed by atoms with E-state index in [0.29, 0.717) is 0 Å². The minimum atomic E-state index is 0.140. The average molecular weight is 276 g/mol. The highest BCUT2D eigenvalue weighted by atomic mass is 14.6. The molecule has 0 aliphatic rings. The van der Waals surface area contributed by atoms with E-state index in [1.54, 1.807) is 0 Å². The van der Waals surface area contributed by atoms with Crippen LogP contribution in [0.25, 0.3) is 10.9 Å². The minimum absolute atomic E-state index is 0.140. The Bertz CT molecular complexity index is 727. The molecule has 1 atom stereocenters. The first kappa shape index (κ1) is 13.8. The number of nitrogens with zero attached hydrogens (tertiary/aromatic N) is 1. The van der Waals surface area contributed by atoms with Crippen LogP contribution in [0, 0.1) is 0 Å². The molecule has 2 heteroatoms. The molecule has 3 rings (SSSR count). The van der Waals surface area contributed by atoms with Crippen LogP contribution in [-0.2, 0) is 6.42 Å². The van der Waals surface area contributed by atoms with E-state index in [2.05, 4.69) is 60.4 Å². The van der Waals surface area contributed by atoms with Crippen LogP contribution in [0.15, 0.2) is 60.8 Å². The molecule has 106 valence electrons. The molecule has 2 N–H and O–H groups in total. The second kappa shape index (κ2) is 6.06. The molecule has 0 aliphatic carbocycles. The minimum Gasteiger partial charge on any atom is -0.324 e. The van der Waals surface area contributed by atoms with E-state index in [-0.39, 0.29) is 6.04 Å². The number of rotatable bonds is 4. The van der Waals surface area contributed by atoms with Gasteiger partial charge < -0.3 is 5.73 Å². The molecule has 1 unspecified atom stereocenters. The molecule has 1 heterocycles. The lowest BCUT2D eigenvalue weighted by atomic mass is 9.98. The van der Waals surface area contributed by atoms with Gasteiger partial charge in [-0.2, -0.15) is 0 Å². The lowest BCUT2D eigenvalue weighted by Gasteiger charge is -2.10. The third-order valence-corrected chi connectivity index (χ3v) is 3.98. The SMILES string of the molecule is CCC(N)c1ccc(Cc2ccnc3ccccc23)cc1. The number of benzene rings is 2. The van der Waals surface area contributed by atoms with Crippen molar-refractivity contribution in [2.45, 2.75) is 25.8 Å².